The third-order valence-corrected chi connectivity index (χ3v) is 4.95. The summed E-state index contributed by atoms with van der Waals surface area (Å²) in [7, 11) is 0. The summed E-state index contributed by atoms with van der Waals surface area (Å²) < 4.78 is 2.69. The first-order valence-corrected chi connectivity index (χ1v) is 7.78. The number of hydrogen-bond acceptors (Lipinski definition) is 5. The second-order valence-corrected chi connectivity index (χ2v) is 6.23. The van der Waals surface area contributed by atoms with E-state index in [0.29, 0.717) is 11.6 Å². The summed E-state index contributed by atoms with van der Waals surface area (Å²) in [6, 6.07) is 7.64. The molecule has 0 unspecified atom stereocenters. The van der Waals surface area contributed by atoms with E-state index in [1.54, 1.807) is 22.3 Å². The van der Waals surface area contributed by atoms with E-state index in [2.05, 4.69) is 36.8 Å². The van der Waals surface area contributed by atoms with Crippen LogP contribution in [0.2, 0.25) is 5.02 Å². The third-order valence-electron chi connectivity index (χ3n) is 2.69. The molecule has 2 heterocycles. The molecule has 1 aromatic carbocycles. The number of anilines is 1. The summed E-state index contributed by atoms with van der Waals surface area (Å²) in [6.07, 6.45) is 1.54. The molecule has 0 saturated carbocycles. The van der Waals surface area contributed by atoms with Gasteiger partial charge in [0.25, 0.3) is 0 Å². The smallest absolute Gasteiger partial charge is 0.143 e. The number of nitrogens with one attached hydrogen (secondary N) is 1. The van der Waals surface area contributed by atoms with Gasteiger partial charge >= 0.3 is 0 Å². The van der Waals surface area contributed by atoms with Gasteiger partial charge < -0.3 is 5.32 Å². The van der Waals surface area contributed by atoms with E-state index in [0.717, 1.165) is 15.8 Å². The fraction of sp³-hybridized carbons (Fsp3) is 0.0833. The first-order valence-electron chi connectivity index (χ1n) is 5.72. The van der Waals surface area contributed by atoms with Gasteiger partial charge in [-0.25, -0.2) is 4.68 Å². The molecule has 102 valence electrons. The van der Waals surface area contributed by atoms with Gasteiger partial charge in [-0.3, -0.25) is 0 Å². The Labute approximate surface area is 132 Å². The van der Waals surface area contributed by atoms with Gasteiger partial charge in [-0.15, -0.1) is 16.4 Å². The van der Waals surface area contributed by atoms with E-state index < -0.39 is 0 Å². The summed E-state index contributed by atoms with van der Waals surface area (Å²) in [5.74, 6) is 0. The van der Waals surface area contributed by atoms with Crippen LogP contribution in [-0.4, -0.2) is 20.2 Å². The lowest BCUT2D eigenvalue weighted by molar-refractivity contribution is 0.789. The number of halogens is 2. The van der Waals surface area contributed by atoms with E-state index in [4.69, 9.17) is 11.6 Å². The van der Waals surface area contributed by atoms with Crippen molar-refractivity contribution in [3.63, 3.8) is 0 Å². The lowest BCUT2D eigenvalue weighted by atomic mass is 10.2. The molecule has 0 aliphatic carbocycles. The van der Waals surface area contributed by atoms with Gasteiger partial charge in [0.15, 0.2) is 0 Å². The van der Waals surface area contributed by atoms with Gasteiger partial charge in [0, 0.05) is 9.35 Å². The van der Waals surface area contributed by atoms with Crippen LogP contribution in [0.3, 0.4) is 0 Å². The molecule has 20 heavy (non-hydrogen) atoms. The molecule has 3 rings (SSSR count). The molecule has 0 fully saturated rings. The van der Waals surface area contributed by atoms with E-state index in [-0.39, 0.29) is 0 Å². The highest BCUT2D eigenvalue weighted by Crippen LogP contribution is 2.27. The Balaban J connectivity index is 1.82. The van der Waals surface area contributed by atoms with Crippen molar-refractivity contribution in [3.8, 4) is 5.69 Å². The second-order valence-electron chi connectivity index (χ2n) is 3.96. The summed E-state index contributed by atoms with van der Waals surface area (Å²) in [5.41, 5.74) is 1.70. The zero-order valence-electron chi connectivity index (χ0n) is 10.1. The fourth-order valence-electron chi connectivity index (χ4n) is 1.70. The SMILES string of the molecule is Clc1ccc(-n2cnnn2)cc1NCc1sccc1Br. The van der Waals surface area contributed by atoms with Gasteiger partial charge in [0.2, 0.25) is 0 Å². The molecule has 8 heteroatoms. The van der Waals surface area contributed by atoms with Crippen LogP contribution in [0, 0.1) is 0 Å². The molecule has 0 spiro atoms. The Bertz CT molecular complexity index is 712. The number of nitrogens with zero attached hydrogens (tertiary/aromatic N) is 4. The molecule has 2 aromatic heterocycles. The van der Waals surface area contributed by atoms with Crippen LogP contribution in [0.25, 0.3) is 5.69 Å². The van der Waals surface area contributed by atoms with Crippen LogP contribution in [0.15, 0.2) is 40.4 Å². The maximum Gasteiger partial charge on any atom is 0.143 e. The van der Waals surface area contributed by atoms with Crippen LogP contribution in [0.5, 0.6) is 0 Å². The predicted molar refractivity (Wildman–Crippen MR) is 83.5 cm³/mol. The molecule has 0 aliphatic heterocycles. The van der Waals surface area contributed by atoms with Crippen LogP contribution in [-0.2, 0) is 6.54 Å². The summed E-state index contributed by atoms with van der Waals surface area (Å²) in [6.45, 7) is 0.705. The highest BCUT2D eigenvalue weighted by molar-refractivity contribution is 9.10. The standard InChI is InChI=1S/C12H9BrClN5S/c13-9-3-4-20-12(9)6-15-11-5-8(1-2-10(11)14)19-7-16-17-18-19/h1-5,7,15H,6H2. The molecule has 0 atom stereocenters. The Morgan fingerprint density at radius 2 is 2.25 bits per heavy atom. The van der Waals surface area contributed by atoms with Crippen molar-refractivity contribution in [2.45, 2.75) is 6.54 Å². The monoisotopic (exact) mass is 369 g/mol. The molecule has 1 N–H and O–H groups in total. The molecule has 0 aliphatic rings. The highest BCUT2D eigenvalue weighted by Gasteiger charge is 2.06. The van der Waals surface area contributed by atoms with E-state index in [9.17, 15) is 0 Å². The first kappa shape index (κ1) is 13.5. The Kier molecular flexibility index (Phi) is 4.00. The lowest BCUT2D eigenvalue weighted by Gasteiger charge is -2.09. The summed E-state index contributed by atoms with van der Waals surface area (Å²) >= 11 is 11.4. The van der Waals surface area contributed by atoms with Crippen molar-refractivity contribution < 1.29 is 0 Å². The zero-order valence-corrected chi connectivity index (χ0v) is 13.3. The molecule has 0 radical (unpaired) electrons. The minimum Gasteiger partial charge on any atom is -0.379 e. The third kappa shape index (κ3) is 2.84. The molecular formula is C12H9BrClN5S. The highest BCUT2D eigenvalue weighted by atomic mass is 79.9. The topological polar surface area (TPSA) is 55.6 Å². The van der Waals surface area contributed by atoms with Crippen LogP contribution < -0.4 is 5.32 Å². The lowest BCUT2D eigenvalue weighted by Crippen LogP contribution is -2.01. The van der Waals surface area contributed by atoms with Crippen molar-refractivity contribution in [2.24, 2.45) is 0 Å². The zero-order chi connectivity index (χ0) is 13.9. The molecule has 0 saturated heterocycles. The van der Waals surface area contributed by atoms with Crippen molar-refractivity contribution in [3.05, 3.63) is 50.3 Å². The van der Waals surface area contributed by atoms with Gasteiger partial charge in [-0.05, 0) is 56.0 Å². The summed E-state index contributed by atoms with van der Waals surface area (Å²) in [5, 5.41) is 17.1. The molecule has 5 nitrogen and oxygen atoms in total. The van der Waals surface area contributed by atoms with Gasteiger partial charge in [-0.2, -0.15) is 0 Å². The number of thiophene rings is 1. The molecule has 0 bridgehead atoms. The Hall–Kier alpha value is -1.44. The van der Waals surface area contributed by atoms with Crippen molar-refractivity contribution in [1.29, 1.82) is 0 Å². The fourth-order valence-corrected chi connectivity index (χ4v) is 3.31. The van der Waals surface area contributed by atoms with Crippen LogP contribution in [0.4, 0.5) is 5.69 Å². The number of benzene rings is 1. The number of hydrogen-bond donors (Lipinski definition) is 1. The van der Waals surface area contributed by atoms with E-state index in [1.807, 2.05) is 29.6 Å². The van der Waals surface area contributed by atoms with Crippen molar-refractivity contribution in [2.75, 3.05) is 5.32 Å². The number of aromatic nitrogens is 4. The Morgan fingerprint density at radius 1 is 1.35 bits per heavy atom. The average Bonchev–Trinajstić information content (AvgIpc) is 3.10. The van der Waals surface area contributed by atoms with Crippen LogP contribution >= 0.6 is 38.9 Å². The number of tetrazole rings is 1. The maximum atomic E-state index is 6.21. The quantitative estimate of drug-likeness (QED) is 0.760. The second kappa shape index (κ2) is 5.90. The number of rotatable bonds is 4. The van der Waals surface area contributed by atoms with Gasteiger partial charge in [0.1, 0.15) is 6.33 Å². The van der Waals surface area contributed by atoms with Gasteiger partial charge in [-0.1, -0.05) is 11.6 Å². The van der Waals surface area contributed by atoms with E-state index >= 15 is 0 Å². The van der Waals surface area contributed by atoms with Crippen molar-refractivity contribution >= 4 is 44.6 Å². The Morgan fingerprint density at radius 3 is 2.95 bits per heavy atom. The first-order chi connectivity index (χ1) is 9.74. The maximum absolute atomic E-state index is 6.21. The molecule has 0 amide bonds. The van der Waals surface area contributed by atoms with Gasteiger partial charge in [0.05, 0.1) is 22.9 Å². The van der Waals surface area contributed by atoms with Crippen molar-refractivity contribution in [1.82, 2.24) is 20.2 Å². The minimum absolute atomic E-state index is 0.662. The normalized spacial score (nSPS) is 10.7. The largest absolute Gasteiger partial charge is 0.379 e. The van der Waals surface area contributed by atoms with E-state index in [1.165, 1.54) is 4.88 Å². The summed E-state index contributed by atoms with van der Waals surface area (Å²) in [4.78, 5) is 1.22. The molecular weight excluding hydrogens is 362 g/mol. The average molecular weight is 371 g/mol. The minimum atomic E-state index is 0.662. The molecule has 3 aromatic rings. The van der Waals surface area contributed by atoms with Crippen LogP contribution in [0.1, 0.15) is 4.88 Å². The predicted octanol–water partition coefficient (Wildman–Crippen LogP) is 3.75.